The lowest BCUT2D eigenvalue weighted by molar-refractivity contribution is 0.621. The van der Waals surface area contributed by atoms with Crippen molar-refractivity contribution in [3.05, 3.63) is 58.4 Å². The first-order valence-corrected chi connectivity index (χ1v) is 7.53. The highest BCUT2D eigenvalue weighted by Crippen LogP contribution is 2.39. The fraction of sp³-hybridized carbons (Fsp3) is 0.214. The molecule has 2 rings (SSSR count). The minimum Gasteiger partial charge on any atom is -0.327 e. The Labute approximate surface area is 124 Å². The summed E-state index contributed by atoms with van der Waals surface area (Å²) >= 11 is 5.00. The van der Waals surface area contributed by atoms with Crippen LogP contribution < -0.4 is 5.73 Å². The van der Waals surface area contributed by atoms with E-state index in [0.717, 1.165) is 15.1 Å². The van der Waals surface area contributed by atoms with Gasteiger partial charge < -0.3 is 5.73 Å². The maximum atomic E-state index is 13.3. The van der Waals surface area contributed by atoms with Crippen LogP contribution in [0.1, 0.15) is 17.7 Å². The van der Waals surface area contributed by atoms with Gasteiger partial charge >= 0.3 is 0 Å². The maximum absolute atomic E-state index is 13.3. The van der Waals surface area contributed by atoms with E-state index < -0.39 is 0 Å². The van der Waals surface area contributed by atoms with E-state index in [1.165, 1.54) is 23.9 Å². The van der Waals surface area contributed by atoms with Crippen LogP contribution in [0.2, 0.25) is 0 Å². The van der Waals surface area contributed by atoms with E-state index in [1.54, 1.807) is 12.3 Å². The van der Waals surface area contributed by atoms with Gasteiger partial charge in [0.1, 0.15) is 10.8 Å². The molecule has 2 N–H and O–H groups in total. The lowest BCUT2D eigenvalue weighted by atomic mass is 10.1. The van der Waals surface area contributed by atoms with Gasteiger partial charge in [-0.25, -0.2) is 9.37 Å². The van der Waals surface area contributed by atoms with E-state index in [1.807, 2.05) is 25.1 Å². The fourth-order valence-electron chi connectivity index (χ4n) is 1.74. The molecule has 0 radical (unpaired) electrons. The van der Waals surface area contributed by atoms with Gasteiger partial charge in [-0.3, -0.25) is 0 Å². The van der Waals surface area contributed by atoms with E-state index in [9.17, 15) is 4.39 Å². The summed E-state index contributed by atoms with van der Waals surface area (Å²) in [5, 5.41) is 0.816. The molecule has 2 aromatic rings. The van der Waals surface area contributed by atoms with Crippen molar-refractivity contribution in [3.8, 4) is 0 Å². The Kier molecular flexibility index (Phi) is 4.96. The molecular formula is C14H14BrFN2S. The second-order valence-electron chi connectivity index (χ2n) is 4.24. The molecule has 2 atom stereocenters. The number of nitrogens with zero attached hydrogens (tertiary/aromatic N) is 1. The van der Waals surface area contributed by atoms with Gasteiger partial charge in [0.2, 0.25) is 0 Å². The van der Waals surface area contributed by atoms with Gasteiger partial charge in [-0.1, -0.05) is 23.9 Å². The van der Waals surface area contributed by atoms with Crippen molar-refractivity contribution in [2.45, 2.75) is 23.2 Å². The molecule has 2 nitrogen and oxygen atoms in total. The van der Waals surface area contributed by atoms with Gasteiger partial charge in [-0.2, -0.15) is 0 Å². The third-order valence-corrected chi connectivity index (χ3v) is 5.02. The zero-order chi connectivity index (χ0) is 13.8. The van der Waals surface area contributed by atoms with E-state index in [2.05, 4.69) is 20.9 Å². The molecule has 0 aliphatic heterocycles. The summed E-state index contributed by atoms with van der Waals surface area (Å²) in [4.78, 5) is 4.32. The predicted octanol–water partition coefficient (Wildman–Crippen LogP) is 4.16. The van der Waals surface area contributed by atoms with Crippen molar-refractivity contribution >= 4 is 27.7 Å². The summed E-state index contributed by atoms with van der Waals surface area (Å²) in [6.07, 6.45) is 1.73. The van der Waals surface area contributed by atoms with Crippen LogP contribution in [0, 0.1) is 5.82 Å². The van der Waals surface area contributed by atoms with Gasteiger partial charge in [0, 0.05) is 16.7 Å². The molecule has 0 saturated carbocycles. The number of pyridine rings is 1. The van der Waals surface area contributed by atoms with E-state index >= 15 is 0 Å². The predicted molar refractivity (Wildman–Crippen MR) is 80.6 cm³/mol. The summed E-state index contributed by atoms with van der Waals surface area (Å²) in [7, 11) is 0. The molecule has 0 amide bonds. The summed E-state index contributed by atoms with van der Waals surface area (Å²) in [6, 6.07) is 10.2. The quantitative estimate of drug-likeness (QED) is 0.849. The smallest absolute Gasteiger partial charge is 0.123 e. The lowest BCUT2D eigenvalue weighted by Gasteiger charge is -2.20. The van der Waals surface area contributed by atoms with Crippen LogP contribution in [-0.4, -0.2) is 11.0 Å². The molecule has 1 heterocycles. The Morgan fingerprint density at radius 2 is 2.11 bits per heavy atom. The average molecular weight is 341 g/mol. The topological polar surface area (TPSA) is 38.9 Å². The molecule has 1 aromatic heterocycles. The number of halogens is 2. The molecule has 100 valence electrons. The summed E-state index contributed by atoms with van der Waals surface area (Å²) in [5.74, 6) is -0.246. The molecular weight excluding hydrogens is 327 g/mol. The zero-order valence-electron chi connectivity index (χ0n) is 10.4. The second kappa shape index (κ2) is 6.50. The van der Waals surface area contributed by atoms with Crippen LogP contribution in [0.4, 0.5) is 4.39 Å². The molecule has 1 aromatic carbocycles. The molecule has 5 heteroatoms. The Hall–Kier alpha value is -0.910. The van der Waals surface area contributed by atoms with Crippen LogP contribution in [0.3, 0.4) is 0 Å². The van der Waals surface area contributed by atoms with Crippen LogP contribution in [0.5, 0.6) is 0 Å². The normalized spacial score (nSPS) is 14.1. The average Bonchev–Trinajstić information content (AvgIpc) is 2.37. The highest BCUT2D eigenvalue weighted by molar-refractivity contribution is 9.10. The SMILES string of the molecule is CC(N)C(Sc1ncccc1Br)c1cccc(F)c1. The van der Waals surface area contributed by atoms with Crippen molar-refractivity contribution in [1.29, 1.82) is 0 Å². The summed E-state index contributed by atoms with van der Waals surface area (Å²) < 4.78 is 14.3. The van der Waals surface area contributed by atoms with Gasteiger partial charge in [0.25, 0.3) is 0 Å². The lowest BCUT2D eigenvalue weighted by Crippen LogP contribution is -2.22. The van der Waals surface area contributed by atoms with Crippen LogP contribution in [-0.2, 0) is 0 Å². The van der Waals surface area contributed by atoms with Crippen molar-refractivity contribution in [2.24, 2.45) is 5.73 Å². The second-order valence-corrected chi connectivity index (χ2v) is 6.23. The Morgan fingerprint density at radius 3 is 2.74 bits per heavy atom. The van der Waals surface area contributed by atoms with Crippen molar-refractivity contribution in [3.63, 3.8) is 0 Å². The monoisotopic (exact) mass is 340 g/mol. The van der Waals surface area contributed by atoms with E-state index in [-0.39, 0.29) is 17.1 Å². The molecule has 0 aliphatic carbocycles. The Bertz CT molecular complexity index is 563. The molecule has 0 aliphatic rings. The molecule has 0 bridgehead atoms. The van der Waals surface area contributed by atoms with Crippen molar-refractivity contribution in [1.82, 2.24) is 4.98 Å². The Morgan fingerprint density at radius 1 is 1.32 bits per heavy atom. The van der Waals surface area contributed by atoms with Crippen molar-refractivity contribution < 1.29 is 4.39 Å². The van der Waals surface area contributed by atoms with E-state index in [0.29, 0.717) is 0 Å². The number of hydrogen-bond donors (Lipinski definition) is 1. The third kappa shape index (κ3) is 3.78. The number of nitrogens with two attached hydrogens (primary N) is 1. The number of thioether (sulfide) groups is 1. The van der Waals surface area contributed by atoms with Crippen LogP contribution >= 0.6 is 27.7 Å². The Balaban J connectivity index is 2.29. The van der Waals surface area contributed by atoms with Crippen LogP contribution in [0.15, 0.2) is 52.1 Å². The number of hydrogen-bond acceptors (Lipinski definition) is 3. The summed E-state index contributed by atoms with van der Waals surface area (Å²) in [5.41, 5.74) is 6.90. The third-order valence-electron chi connectivity index (χ3n) is 2.62. The highest BCUT2D eigenvalue weighted by Gasteiger charge is 2.20. The molecule has 19 heavy (non-hydrogen) atoms. The first-order valence-electron chi connectivity index (χ1n) is 5.86. The largest absolute Gasteiger partial charge is 0.327 e. The minimum atomic E-state index is -0.246. The molecule has 2 unspecified atom stereocenters. The molecule has 0 fully saturated rings. The van der Waals surface area contributed by atoms with Gasteiger partial charge in [0.15, 0.2) is 0 Å². The van der Waals surface area contributed by atoms with Gasteiger partial charge in [0.05, 0.1) is 5.25 Å². The van der Waals surface area contributed by atoms with Crippen LogP contribution in [0.25, 0.3) is 0 Å². The van der Waals surface area contributed by atoms with Gasteiger partial charge in [-0.15, -0.1) is 0 Å². The van der Waals surface area contributed by atoms with E-state index in [4.69, 9.17) is 5.73 Å². The standard InChI is InChI=1S/C14H14BrFN2S/c1-9(17)13(10-4-2-5-11(16)8-10)19-14-12(15)6-3-7-18-14/h2-9,13H,17H2,1H3. The first kappa shape index (κ1) is 14.5. The fourth-order valence-corrected chi connectivity index (χ4v) is 3.32. The minimum absolute atomic E-state index is 0.0399. The maximum Gasteiger partial charge on any atom is 0.123 e. The number of benzene rings is 1. The summed E-state index contributed by atoms with van der Waals surface area (Å²) in [6.45, 7) is 1.92. The zero-order valence-corrected chi connectivity index (χ0v) is 12.8. The van der Waals surface area contributed by atoms with Gasteiger partial charge in [-0.05, 0) is 52.7 Å². The molecule has 0 spiro atoms. The number of rotatable bonds is 4. The molecule has 0 saturated heterocycles. The van der Waals surface area contributed by atoms with Crippen molar-refractivity contribution in [2.75, 3.05) is 0 Å². The highest BCUT2D eigenvalue weighted by atomic mass is 79.9. The first-order chi connectivity index (χ1) is 9.08. The number of aromatic nitrogens is 1.